The second-order valence-electron chi connectivity index (χ2n) is 3.37. The summed E-state index contributed by atoms with van der Waals surface area (Å²) in [6.45, 7) is 1.83. The third-order valence-corrected chi connectivity index (χ3v) is 2.27. The summed E-state index contributed by atoms with van der Waals surface area (Å²) in [4.78, 5) is 22.6. The molecule has 0 spiro atoms. The molecule has 0 radical (unpaired) electrons. The Morgan fingerprint density at radius 3 is 2.42 bits per heavy atom. The number of benzene rings is 1. The fourth-order valence-electron chi connectivity index (χ4n) is 1.52. The molecule has 7 nitrogen and oxygen atoms in total. The van der Waals surface area contributed by atoms with Crippen LogP contribution < -0.4 is 14.8 Å². The number of amides is 1. The van der Waals surface area contributed by atoms with Crippen molar-refractivity contribution in [2.75, 3.05) is 26.1 Å². The number of hydrogen-bond donors (Lipinski definition) is 2. The minimum Gasteiger partial charge on any atom is -0.493 e. The summed E-state index contributed by atoms with van der Waals surface area (Å²) in [5.41, 5.74) is -0.126. The highest BCUT2D eigenvalue weighted by Crippen LogP contribution is 2.36. The maximum Gasteiger partial charge on any atom is 0.411 e. The predicted molar refractivity (Wildman–Crippen MR) is 67.2 cm³/mol. The predicted octanol–water partition coefficient (Wildman–Crippen LogP) is 1.97. The van der Waals surface area contributed by atoms with Gasteiger partial charge in [-0.3, -0.25) is 5.32 Å². The van der Waals surface area contributed by atoms with Gasteiger partial charge in [-0.2, -0.15) is 0 Å². The Kier molecular flexibility index (Phi) is 4.99. The largest absolute Gasteiger partial charge is 0.493 e. The van der Waals surface area contributed by atoms with Crippen molar-refractivity contribution in [3.05, 3.63) is 17.7 Å². The maximum atomic E-state index is 11.3. The molecule has 0 aliphatic rings. The Hall–Kier alpha value is -2.44. The number of nitrogens with one attached hydrogen (secondary N) is 1. The molecular weight excluding hydrogens is 254 g/mol. The lowest BCUT2D eigenvalue weighted by Crippen LogP contribution is -2.16. The molecule has 1 amide bonds. The number of methoxy groups -OCH3 is 2. The summed E-state index contributed by atoms with van der Waals surface area (Å²) < 4.78 is 14.7. The molecule has 0 saturated heterocycles. The molecule has 1 rings (SSSR count). The van der Waals surface area contributed by atoms with E-state index in [1.165, 1.54) is 26.4 Å². The van der Waals surface area contributed by atoms with Crippen LogP contribution >= 0.6 is 0 Å². The van der Waals surface area contributed by atoms with Crippen molar-refractivity contribution in [2.45, 2.75) is 6.92 Å². The molecule has 7 heteroatoms. The fourth-order valence-corrected chi connectivity index (χ4v) is 1.52. The van der Waals surface area contributed by atoms with Gasteiger partial charge in [-0.05, 0) is 19.1 Å². The van der Waals surface area contributed by atoms with E-state index in [0.717, 1.165) is 0 Å². The smallest absolute Gasteiger partial charge is 0.411 e. The fraction of sp³-hybridized carbons (Fsp3) is 0.333. The second kappa shape index (κ2) is 6.48. The summed E-state index contributed by atoms with van der Waals surface area (Å²) >= 11 is 0. The number of rotatable bonds is 5. The molecule has 104 valence electrons. The SMILES string of the molecule is CCOC(=O)Nc1ccc(OC)c(OC)c1C(=O)O. The highest BCUT2D eigenvalue weighted by Gasteiger charge is 2.22. The number of hydrogen-bond acceptors (Lipinski definition) is 5. The molecule has 0 aliphatic carbocycles. The summed E-state index contributed by atoms with van der Waals surface area (Å²) in [7, 11) is 2.71. The highest BCUT2D eigenvalue weighted by molar-refractivity contribution is 6.02. The second-order valence-corrected chi connectivity index (χ2v) is 3.37. The van der Waals surface area contributed by atoms with Crippen molar-refractivity contribution in [3.63, 3.8) is 0 Å². The van der Waals surface area contributed by atoms with Gasteiger partial charge in [-0.25, -0.2) is 9.59 Å². The van der Waals surface area contributed by atoms with Crippen LogP contribution in [-0.4, -0.2) is 38.0 Å². The topological polar surface area (TPSA) is 94.1 Å². The van der Waals surface area contributed by atoms with E-state index in [4.69, 9.17) is 14.2 Å². The van der Waals surface area contributed by atoms with Gasteiger partial charge < -0.3 is 19.3 Å². The summed E-state index contributed by atoms with van der Waals surface area (Å²) in [5, 5.41) is 11.6. The van der Waals surface area contributed by atoms with Crippen molar-refractivity contribution in [1.82, 2.24) is 0 Å². The minimum atomic E-state index is -1.25. The molecular formula is C12H15NO6. The Labute approximate surface area is 110 Å². The minimum absolute atomic E-state index is 0.0318. The van der Waals surface area contributed by atoms with Gasteiger partial charge in [0.1, 0.15) is 5.56 Å². The quantitative estimate of drug-likeness (QED) is 0.848. The molecule has 1 aromatic carbocycles. The van der Waals surface area contributed by atoms with Gasteiger partial charge in [-0.15, -0.1) is 0 Å². The van der Waals surface area contributed by atoms with E-state index in [9.17, 15) is 14.7 Å². The Balaban J connectivity index is 3.24. The number of carboxylic acid groups (broad SMARTS) is 1. The van der Waals surface area contributed by atoms with Crippen LogP contribution in [0.1, 0.15) is 17.3 Å². The number of anilines is 1. The molecule has 1 aromatic rings. The van der Waals surface area contributed by atoms with E-state index in [1.807, 2.05) is 0 Å². The molecule has 0 aliphatic heterocycles. The van der Waals surface area contributed by atoms with E-state index in [0.29, 0.717) is 0 Å². The average molecular weight is 269 g/mol. The highest BCUT2D eigenvalue weighted by atomic mass is 16.5. The van der Waals surface area contributed by atoms with E-state index in [2.05, 4.69) is 5.32 Å². The molecule has 0 aromatic heterocycles. The van der Waals surface area contributed by atoms with Crippen LogP contribution in [0.2, 0.25) is 0 Å². The Morgan fingerprint density at radius 1 is 1.26 bits per heavy atom. The van der Waals surface area contributed by atoms with Gasteiger partial charge in [0, 0.05) is 0 Å². The van der Waals surface area contributed by atoms with Crippen LogP contribution in [0.4, 0.5) is 10.5 Å². The van der Waals surface area contributed by atoms with E-state index in [-0.39, 0.29) is 29.4 Å². The van der Waals surface area contributed by atoms with E-state index >= 15 is 0 Å². The maximum absolute atomic E-state index is 11.3. The first-order valence-corrected chi connectivity index (χ1v) is 5.47. The zero-order valence-electron chi connectivity index (χ0n) is 10.9. The normalized spacial score (nSPS) is 9.63. The number of carboxylic acids is 1. The van der Waals surface area contributed by atoms with Gasteiger partial charge in [0.2, 0.25) is 0 Å². The Morgan fingerprint density at radius 2 is 1.95 bits per heavy atom. The molecule has 0 bridgehead atoms. The number of carbonyl (C=O) groups excluding carboxylic acids is 1. The van der Waals surface area contributed by atoms with Crippen LogP contribution in [0, 0.1) is 0 Å². The third kappa shape index (κ3) is 3.27. The number of ether oxygens (including phenoxy) is 3. The number of aromatic carboxylic acids is 1. The van der Waals surface area contributed by atoms with E-state index in [1.54, 1.807) is 6.92 Å². The van der Waals surface area contributed by atoms with Gasteiger partial charge in [-0.1, -0.05) is 0 Å². The molecule has 0 saturated carbocycles. The van der Waals surface area contributed by atoms with Crippen LogP contribution in [0.5, 0.6) is 11.5 Å². The lowest BCUT2D eigenvalue weighted by atomic mass is 10.1. The number of carbonyl (C=O) groups is 2. The van der Waals surface area contributed by atoms with Crippen molar-refractivity contribution in [2.24, 2.45) is 0 Å². The average Bonchev–Trinajstić information content (AvgIpc) is 2.37. The Bertz CT molecular complexity index is 485. The summed E-state index contributed by atoms with van der Waals surface area (Å²) in [6, 6.07) is 2.90. The van der Waals surface area contributed by atoms with Crippen LogP contribution in [0.25, 0.3) is 0 Å². The summed E-state index contributed by atoms with van der Waals surface area (Å²) in [6.07, 6.45) is -0.739. The van der Waals surface area contributed by atoms with Gasteiger partial charge >= 0.3 is 12.1 Å². The van der Waals surface area contributed by atoms with Gasteiger partial charge in [0.15, 0.2) is 11.5 Å². The first-order chi connectivity index (χ1) is 9.04. The zero-order chi connectivity index (χ0) is 14.4. The standard InChI is InChI=1S/C12H15NO6/c1-4-19-12(16)13-7-5-6-8(17-2)10(18-3)9(7)11(14)15/h5-6H,4H2,1-3H3,(H,13,16)(H,14,15). The molecule has 19 heavy (non-hydrogen) atoms. The first-order valence-electron chi connectivity index (χ1n) is 5.47. The molecule has 0 heterocycles. The molecule has 2 N–H and O–H groups in total. The van der Waals surface area contributed by atoms with Crippen LogP contribution in [0.15, 0.2) is 12.1 Å². The monoisotopic (exact) mass is 269 g/mol. The van der Waals surface area contributed by atoms with E-state index < -0.39 is 12.1 Å². The molecule has 0 unspecified atom stereocenters. The van der Waals surface area contributed by atoms with Crippen molar-refractivity contribution in [1.29, 1.82) is 0 Å². The van der Waals surface area contributed by atoms with Crippen LogP contribution in [-0.2, 0) is 4.74 Å². The van der Waals surface area contributed by atoms with Crippen molar-refractivity contribution < 1.29 is 28.9 Å². The van der Waals surface area contributed by atoms with Gasteiger partial charge in [0.25, 0.3) is 0 Å². The summed E-state index contributed by atoms with van der Waals surface area (Å²) in [5.74, 6) is -0.957. The lowest BCUT2D eigenvalue weighted by molar-refractivity contribution is 0.0694. The van der Waals surface area contributed by atoms with Gasteiger partial charge in [0.05, 0.1) is 26.5 Å². The van der Waals surface area contributed by atoms with Crippen molar-refractivity contribution >= 4 is 17.7 Å². The lowest BCUT2D eigenvalue weighted by Gasteiger charge is -2.14. The molecule has 0 fully saturated rings. The first kappa shape index (κ1) is 14.6. The zero-order valence-corrected chi connectivity index (χ0v) is 10.9. The third-order valence-electron chi connectivity index (χ3n) is 2.27. The van der Waals surface area contributed by atoms with Crippen LogP contribution in [0.3, 0.4) is 0 Å². The van der Waals surface area contributed by atoms with Crippen molar-refractivity contribution in [3.8, 4) is 11.5 Å². The molecule has 0 atom stereocenters.